The number of esters is 1. The molecule has 1 aromatic rings. The van der Waals surface area contributed by atoms with Gasteiger partial charge in [-0.3, -0.25) is 15.6 Å². The molecule has 1 aromatic carbocycles. The number of carbonyl (C=O) groups is 2. The molecule has 0 aliphatic heterocycles. The second-order valence-corrected chi connectivity index (χ2v) is 4.08. The molecule has 0 bridgehead atoms. The van der Waals surface area contributed by atoms with Crippen LogP contribution in [-0.4, -0.2) is 36.9 Å². The first-order valence-corrected chi connectivity index (χ1v) is 6.13. The Labute approximate surface area is 126 Å². The molecule has 0 saturated carbocycles. The van der Waals surface area contributed by atoms with E-state index in [4.69, 9.17) is 27.0 Å². The summed E-state index contributed by atoms with van der Waals surface area (Å²) >= 11 is 0. The van der Waals surface area contributed by atoms with Crippen LogP contribution in [-0.2, 0) is 9.59 Å². The lowest BCUT2D eigenvalue weighted by Gasteiger charge is -2.08. The van der Waals surface area contributed by atoms with Crippen LogP contribution in [0.15, 0.2) is 24.3 Å². The number of nitrogens with two attached hydrogens (primary N) is 2. The molecule has 0 aliphatic rings. The largest absolute Gasteiger partial charge is 0.425 e. The minimum Gasteiger partial charge on any atom is -0.425 e. The van der Waals surface area contributed by atoms with Gasteiger partial charge in [0, 0.05) is 5.69 Å². The molecule has 0 spiro atoms. The maximum absolute atomic E-state index is 11.5. The molecule has 22 heavy (non-hydrogen) atoms. The van der Waals surface area contributed by atoms with Gasteiger partial charge >= 0.3 is 5.97 Å². The molecule has 0 fully saturated rings. The van der Waals surface area contributed by atoms with Crippen molar-refractivity contribution in [2.75, 3.05) is 18.4 Å². The maximum Gasteiger partial charge on any atom is 0.330 e. The number of guanidine groups is 2. The van der Waals surface area contributed by atoms with E-state index in [1.165, 1.54) is 12.1 Å². The van der Waals surface area contributed by atoms with E-state index < -0.39 is 5.97 Å². The van der Waals surface area contributed by atoms with Gasteiger partial charge in [0.15, 0.2) is 11.9 Å². The molecule has 0 radical (unpaired) electrons. The highest BCUT2D eigenvalue weighted by Gasteiger charge is 2.06. The van der Waals surface area contributed by atoms with Crippen molar-refractivity contribution in [3.8, 4) is 5.75 Å². The maximum atomic E-state index is 11.5. The molecular formula is C12H17N7O3. The normalized spacial score (nSPS) is 9.45. The molecule has 1 amide bonds. The van der Waals surface area contributed by atoms with Gasteiger partial charge in [-0.25, -0.2) is 4.79 Å². The van der Waals surface area contributed by atoms with Crippen molar-refractivity contribution < 1.29 is 14.3 Å². The van der Waals surface area contributed by atoms with E-state index in [0.717, 1.165) is 0 Å². The summed E-state index contributed by atoms with van der Waals surface area (Å²) in [6, 6.07) is 6.10. The monoisotopic (exact) mass is 307 g/mol. The zero-order valence-electron chi connectivity index (χ0n) is 11.6. The Morgan fingerprint density at radius 2 is 1.55 bits per heavy atom. The van der Waals surface area contributed by atoms with Crippen molar-refractivity contribution in [3.63, 3.8) is 0 Å². The van der Waals surface area contributed by atoms with Gasteiger partial charge in [0.1, 0.15) is 12.3 Å². The Balaban J connectivity index is 2.45. The van der Waals surface area contributed by atoms with Crippen molar-refractivity contribution in [3.05, 3.63) is 24.3 Å². The number of hydrogen-bond donors (Lipinski definition) is 7. The predicted molar refractivity (Wildman–Crippen MR) is 80.5 cm³/mol. The van der Waals surface area contributed by atoms with Crippen molar-refractivity contribution in [1.82, 2.24) is 10.6 Å². The van der Waals surface area contributed by atoms with E-state index >= 15 is 0 Å². The van der Waals surface area contributed by atoms with Crippen LogP contribution in [0.1, 0.15) is 0 Å². The van der Waals surface area contributed by atoms with Gasteiger partial charge in [-0.15, -0.1) is 0 Å². The molecule has 118 valence electrons. The summed E-state index contributed by atoms with van der Waals surface area (Å²) < 4.78 is 4.98. The van der Waals surface area contributed by atoms with Gasteiger partial charge < -0.3 is 32.2 Å². The van der Waals surface area contributed by atoms with Crippen molar-refractivity contribution in [1.29, 1.82) is 10.8 Å². The topological polar surface area (TPSA) is 179 Å². The lowest BCUT2D eigenvalue weighted by atomic mass is 10.3. The number of benzene rings is 1. The van der Waals surface area contributed by atoms with Gasteiger partial charge in [0.25, 0.3) is 0 Å². The molecular weight excluding hydrogens is 290 g/mol. The van der Waals surface area contributed by atoms with E-state index in [9.17, 15) is 9.59 Å². The third kappa shape index (κ3) is 6.75. The Bertz CT molecular complexity index is 520. The number of nitrogens with one attached hydrogen (secondary N) is 5. The molecule has 0 aliphatic carbocycles. The molecule has 10 heteroatoms. The van der Waals surface area contributed by atoms with Crippen LogP contribution in [0.3, 0.4) is 0 Å². The summed E-state index contributed by atoms with van der Waals surface area (Å²) in [6.45, 7) is -0.340. The number of carbonyl (C=O) groups excluding carboxylic acids is 2. The second kappa shape index (κ2) is 8.09. The lowest BCUT2D eigenvalue weighted by Crippen LogP contribution is -2.36. The smallest absolute Gasteiger partial charge is 0.330 e. The van der Waals surface area contributed by atoms with Crippen LogP contribution < -0.4 is 32.2 Å². The first-order valence-electron chi connectivity index (χ1n) is 6.13. The molecule has 0 atom stereocenters. The molecule has 0 unspecified atom stereocenters. The average molecular weight is 307 g/mol. The standard InChI is InChI=1S/C12H17N7O3/c13-11(14)17-5-9(20)19-7-1-3-8(4-2-7)22-10(21)6-18-12(15)16/h1-4H,5-6H2,(H,19,20)(H4,13,14,17)(H4,15,16,18). The van der Waals surface area contributed by atoms with Crippen LogP contribution in [0, 0.1) is 10.8 Å². The second-order valence-electron chi connectivity index (χ2n) is 4.08. The molecule has 1 rings (SSSR count). The Morgan fingerprint density at radius 3 is 2.09 bits per heavy atom. The Hall–Kier alpha value is -3.30. The van der Waals surface area contributed by atoms with Crippen LogP contribution in [0.4, 0.5) is 5.69 Å². The quantitative estimate of drug-likeness (QED) is 0.144. The van der Waals surface area contributed by atoms with Gasteiger partial charge in [-0.05, 0) is 24.3 Å². The summed E-state index contributed by atoms with van der Waals surface area (Å²) in [6.07, 6.45) is 0. The van der Waals surface area contributed by atoms with Crippen LogP contribution in [0.2, 0.25) is 0 Å². The zero-order chi connectivity index (χ0) is 16.5. The lowest BCUT2D eigenvalue weighted by molar-refractivity contribution is -0.133. The third-order valence-corrected chi connectivity index (χ3v) is 2.23. The van der Waals surface area contributed by atoms with Crippen molar-refractivity contribution in [2.45, 2.75) is 0 Å². The predicted octanol–water partition coefficient (Wildman–Crippen LogP) is -1.50. The summed E-state index contributed by atoms with van der Waals surface area (Å²) in [4.78, 5) is 22.9. The zero-order valence-corrected chi connectivity index (χ0v) is 11.6. The van der Waals surface area contributed by atoms with E-state index in [1.54, 1.807) is 12.1 Å². The fraction of sp³-hybridized carbons (Fsp3) is 0.167. The highest BCUT2D eigenvalue weighted by Crippen LogP contribution is 2.15. The minimum atomic E-state index is -0.599. The summed E-state index contributed by atoms with van der Waals surface area (Å²) in [5.74, 6) is -1.30. The van der Waals surface area contributed by atoms with Gasteiger partial charge in [-0.1, -0.05) is 0 Å². The number of ether oxygens (including phenoxy) is 1. The molecule has 0 aromatic heterocycles. The fourth-order valence-electron chi connectivity index (χ4n) is 1.32. The van der Waals surface area contributed by atoms with Gasteiger partial charge in [0.2, 0.25) is 5.91 Å². The third-order valence-electron chi connectivity index (χ3n) is 2.23. The van der Waals surface area contributed by atoms with Crippen molar-refractivity contribution in [2.24, 2.45) is 11.5 Å². The van der Waals surface area contributed by atoms with Crippen LogP contribution in [0.25, 0.3) is 0 Å². The molecule has 0 saturated heterocycles. The first kappa shape index (κ1) is 16.8. The highest BCUT2D eigenvalue weighted by molar-refractivity contribution is 5.94. The van der Waals surface area contributed by atoms with Gasteiger partial charge in [-0.2, -0.15) is 0 Å². The summed E-state index contributed by atoms with van der Waals surface area (Å²) in [5, 5.41) is 21.1. The van der Waals surface area contributed by atoms with E-state index in [-0.39, 0.29) is 36.7 Å². The fourth-order valence-corrected chi connectivity index (χ4v) is 1.32. The SMILES string of the molecule is N=C(N)NCC(=O)Nc1ccc(OC(=O)CNC(=N)N)cc1. The number of rotatable bonds is 6. The van der Waals surface area contributed by atoms with E-state index in [1.807, 2.05) is 0 Å². The molecule has 10 nitrogen and oxygen atoms in total. The Kier molecular flexibility index (Phi) is 6.16. The Morgan fingerprint density at radius 1 is 1.00 bits per heavy atom. The summed E-state index contributed by atoms with van der Waals surface area (Å²) in [7, 11) is 0. The van der Waals surface area contributed by atoms with E-state index in [2.05, 4.69) is 16.0 Å². The highest BCUT2D eigenvalue weighted by atomic mass is 16.5. The number of amides is 1. The van der Waals surface area contributed by atoms with Crippen molar-refractivity contribution >= 4 is 29.5 Å². The van der Waals surface area contributed by atoms with Crippen LogP contribution in [0.5, 0.6) is 5.75 Å². The van der Waals surface area contributed by atoms with Crippen LogP contribution >= 0.6 is 0 Å². The number of hydrogen-bond acceptors (Lipinski definition) is 5. The first-order chi connectivity index (χ1) is 10.4. The van der Waals surface area contributed by atoms with E-state index in [0.29, 0.717) is 5.69 Å². The minimum absolute atomic E-state index is 0.122. The molecule has 0 heterocycles. The summed E-state index contributed by atoms with van der Waals surface area (Å²) in [5.41, 5.74) is 10.6. The molecule has 9 N–H and O–H groups in total. The number of anilines is 1. The van der Waals surface area contributed by atoms with Gasteiger partial charge in [0.05, 0.1) is 6.54 Å². The average Bonchev–Trinajstić information content (AvgIpc) is 2.45.